The van der Waals surface area contributed by atoms with Crippen molar-refractivity contribution < 1.29 is 28.2 Å². The maximum atomic E-state index is 13.2. The molecule has 34 heavy (non-hydrogen) atoms. The molecule has 1 fully saturated rings. The average Bonchev–Trinajstić information content (AvgIpc) is 3.30. The van der Waals surface area contributed by atoms with Gasteiger partial charge in [0, 0.05) is 30.3 Å². The largest absolute Gasteiger partial charge is 0.454 e. The van der Waals surface area contributed by atoms with E-state index in [1.807, 2.05) is 13.8 Å². The monoisotopic (exact) mass is 469 g/mol. The molecule has 0 aromatic heterocycles. The summed E-state index contributed by atoms with van der Waals surface area (Å²) in [6.45, 7) is 4.70. The normalized spacial score (nSPS) is 16.3. The third kappa shape index (κ3) is 5.30. The summed E-state index contributed by atoms with van der Waals surface area (Å²) in [5.74, 6) is -0.292. The van der Waals surface area contributed by atoms with Crippen LogP contribution < -0.4 is 20.1 Å². The molecule has 0 saturated carbocycles. The molecule has 2 aliphatic heterocycles. The van der Waals surface area contributed by atoms with Crippen LogP contribution in [0.4, 0.5) is 4.39 Å². The van der Waals surface area contributed by atoms with Crippen molar-refractivity contribution in [3.63, 3.8) is 0 Å². The van der Waals surface area contributed by atoms with Gasteiger partial charge >= 0.3 is 0 Å². The Morgan fingerprint density at radius 1 is 0.941 bits per heavy atom. The van der Waals surface area contributed by atoms with Gasteiger partial charge in [0.25, 0.3) is 11.8 Å². The summed E-state index contributed by atoms with van der Waals surface area (Å²) in [4.78, 5) is 40.4. The maximum absolute atomic E-state index is 13.2. The molecule has 9 heteroatoms. The molecule has 0 bridgehead atoms. The molecule has 180 valence electrons. The topological polar surface area (TPSA) is 97.0 Å². The molecule has 2 aliphatic rings. The minimum atomic E-state index is -0.747. The molecule has 2 N–H and O–H groups in total. The number of halogens is 1. The number of ether oxygens (including phenoxy) is 2. The Balaban J connectivity index is 1.44. The van der Waals surface area contributed by atoms with Gasteiger partial charge in [-0.1, -0.05) is 0 Å². The summed E-state index contributed by atoms with van der Waals surface area (Å²) in [5, 5.41) is 5.78. The third-order valence-corrected chi connectivity index (χ3v) is 6.02. The smallest absolute Gasteiger partial charge is 0.253 e. The van der Waals surface area contributed by atoms with E-state index in [9.17, 15) is 18.8 Å². The number of piperidine rings is 1. The molecule has 1 saturated heterocycles. The van der Waals surface area contributed by atoms with Gasteiger partial charge in [-0.05, 0) is 75.1 Å². The number of fused-ring (bicyclic) bond motifs is 1. The molecule has 0 spiro atoms. The fourth-order valence-electron chi connectivity index (χ4n) is 4.25. The first-order valence-corrected chi connectivity index (χ1v) is 11.4. The van der Waals surface area contributed by atoms with Gasteiger partial charge in [0.05, 0.1) is 0 Å². The van der Waals surface area contributed by atoms with Crippen molar-refractivity contribution in [1.82, 2.24) is 15.5 Å². The molecule has 2 aromatic carbocycles. The molecule has 1 atom stereocenters. The molecular weight excluding hydrogens is 441 g/mol. The number of hydrogen-bond acceptors (Lipinski definition) is 5. The number of carbonyl (C=O) groups is 3. The van der Waals surface area contributed by atoms with Gasteiger partial charge in [-0.2, -0.15) is 0 Å². The zero-order valence-corrected chi connectivity index (χ0v) is 19.2. The van der Waals surface area contributed by atoms with Crippen molar-refractivity contribution >= 4 is 17.7 Å². The van der Waals surface area contributed by atoms with Crippen LogP contribution in [0.2, 0.25) is 0 Å². The van der Waals surface area contributed by atoms with E-state index in [0.717, 1.165) is 0 Å². The molecule has 1 unspecified atom stereocenters. The van der Waals surface area contributed by atoms with E-state index in [1.54, 1.807) is 23.1 Å². The van der Waals surface area contributed by atoms with E-state index in [-0.39, 0.29) is 36.5 Å². The van der Waals surface area contributed by atoms with Gasteiger partial charge in [0.1, 0.15) is 11.9 Å². The van der Waals surface area contributed by atoms with Gasteiger partial charge in [-0.15, -0.1) is 0 Å². The van der Waals surface area contributed by atoms with Gasteiger partial charge in [-0.3, -0.25) is 14.4 Å². The van der Waals surface area contributed by atoms with Crippen molar-refractivity contribution in [3.05, 3.63) is 59.4 Å². The number of amides is 3. The second-order valence-electron chi connectivity index (χ2n) is 8.82. The Morgan fingerprint density at radius 2 is 1.59 bits per heavy atom. The van der Waals surface area contributed by atoms with E-state index < -0.39 is 11.9 Å². The van der Waals surface area contributed by atoms with E-state index >= 15 is 0 Å². The van der Waals surface area contributed by atoms with Crippen LogP contribution in [0.15, 0.2) is 42.5 Å². The highest BCUT2D eigenvalue weighted by Crippen LogP contribution is 2.32. The van der Waals surface area contributed by atoms with E-state index in [0.29, 0.717) is 48.6 Å². The van der Waals surface area contributed by atoms with Crippen LogP contribution in [0.25, 0.3) is 0 Å². The van der Waals surface area contributed by atoms with Crippen molar-refractivity contribution in [2.75, 3.05) is 19.9 Å². The van der Waals surface area contributed by atoms with Gasteiger partial charge in [0.2, 0.25) is 12.7 Å². The summed E-state index contributed by atoms with van der Waals surface area (Å²) in [6, 6.07) is 9.52. The Kier molecular flexibility index (Phi) is 7.00. The zero-order chi connectivity index (χ0) is 24.2. The van der Waals surface area contributed by atoms with Crippen LogP contribution in [0, 0.1) is 11.7 Å². The molecule has 2 heterocycles. The molecule has 2 aromatic rings. The summed E-state index contributed by atoms with van der Waals surface area (Å²) in [6.07, 6.45) is 1.09. The predicted molar refractivity (Wildman–Crippen MR) is 122 cm³/mol. The number of benzene rings is 2. The summed E-state index contributed by atoms with van der Waals surface area (Å²) >= 11 is 0. The van der Waals surface area contributed by atoms with Gasteiger partial charge in [0.15, 0.2) is 11.5 Å². The first kappa shape index (κ1) is 23.5. The number of hydrogen-bond donors (Lipinski definition) is 2. The lowest BCUT2D eigenvalue weighted by Gasteiger charge is -2.36. The lowest BCUT2D eigenvalue weighted by atomic mass is 9.88. The minimum Gasteiger partial charge on any atom is -0.454 e. The third-order valence-electron chi connectivity index (χ3n) is 6.02. The number of nitrogens with zero attached hydrogens (tertiary/aromatic N) is 1. The lowest BCUT2D eigenvalue weighted by Crippen LogP contribution is -2.54. The number of rotatable bonds is 6. The fraction of sp³-hybridized carbons (Fsp3) is 0.400. The second kappa shape index (κ2) is 10.1. The Bertz CT molecular complexity index is 1060. The second-order valence-corrected chi connectivity index (χ2v) is 8.82. The van der Waals surface area contributed by atoms with Crippen LogP contribution in [-0.4, -0.2) is 54.6 Å². The van der Waals surface area contributed by atoms with Crippen molar-refractivity contribution in [1.29, 1.82) is 0 Å². The molecule has 8 nitrogen and oxygen atoms in total. The Labute approximate surface area is 197 Å². The minimum absolute atomic E-state index is 0.0856. The van der Waals surface area contributed by atoms with Crippen LogP contribution in [-0.2, 0) is 4.79 Å². The maximum Gasteiger partial charge on any atom is 0.253 e. The highest BCUT2D eigenvalue weighted by molar-refractivity contribution is 5.98. The molecule has 3 amide bonds. The van der Waals surface area contributed by atoms with Gasteiger partial charge < -0.3 is 25.0 Å². The first-order valence-electron chi connectivity index (χ1n) is 11.4. The van der Waals surface area contributed by atoms with Crippen molar-refractivity contribution in [2.45, 2.75) is 38.8 Å². The molecule has 4 rings (SSSR count). The average molecular weight is 470 g/mol. The summed E-state index contributed by atoms with van der Waals surface area (Å²) in [7, 11) is 0. The quantitative estimate of drug-likeness (QED) is 0.678. The molecule has 0 aliphatic carbocycles. The fourth-order valence-corrected chi connectivity index (χ4v) is 4.25. The highest BCUT2D eigenvalue weighted by Gasteiger charge is 2.34. The molecule has 0 radical (unpaired) electrons. The number of carbonyl (C=O) groups excluding carboxylic acids is 3. The van der Waals surface area contributed by atoms with E-state index in [4.69, 9.17) is 9.47 Å². The van der Waals surface area contributed by atoms with Crippen LogP contribution in [0.3, 0.4) is 0 Å². The Morgan fingerprint density at radius 3 is 2.26 bits per heavy atom. The van der Waals surface area contributed by atoms with Crippen LogP contribution >= 0.6 is 0 Å². The standard InChI is InChI=1S/C25H28FN3O5/c1-15(2)27-24(31)22(28-23(30)18-5-8-20-21(13-18)34-14-33-20)16-9-11-29(12-10-16)25(32)17-3-6-19(26)7-4-17/h3-8,13,15-16,22H,9-12,14H2,1-2H3,(H,27,31)(H,28,30). The van der Waals surface area contributed by atoms with E-state index in [2.05, 4.69) is 10.6 Å². The number of likely N-dealkylation sites (tertiary alicyclic amines) is 1. The van der Waals surface area contributed by atoms with Gasteiger partial charge in [-0.25, -0.2) is 4.39 Å². The zero-order valence-electron chi connectivity index (χ0n) is 19.2. The van der Waals surface area contributed by atoms with Crippen molar-refractivity contribution in [3.8, 4) is 11.5 Å². The summed E-state index contributed by atoms with van der Waals surface area (Å²) in [5.41, 5.74) is 0.792. The van der Waals surface area contributed by atoms with Crippen LogP contribution in [0.5, 0.6) is 11.5 Å². The molecular formula is C25H28FN3O5. The summed E-state index contributed by atoms with van der Waals surface area (Å²) < 4.78 is 23.8. The van der Waals surface area contributed by atoms with Crippen LogP contribution in [0.1, 0.15) is 47.4 Å². The highest BCUT2D eigenvalue weighted by atomic mass is 19.1. The first-order chi connectivity index (χ1) is 16.3. The predicted octanol–water partition coefficient (Wildman–Crippen LogP) is 2.73. The lowest BCUT2D eigenvalue weighted by molar-refractivity contribution is -0.125. The Hall–Kier alpha value is -3.62. The SMILES string of the molecule is CC(C)NC(=O)C(NC(=O)c1ccc2c(c1)OCO2)C1CCN(C(=O)c2ccc(F)cc2)CC1. The van der Waals surface area contributed by atoms with Crippen molar-refractivity contribution in [2.24, 2.45) is 5.92 Å². The van der Waals surface area contributed by atoms with E-state index in [1.165, 1.54) is 24.3 Å². The number of nitrogens with one attached hydrogen (secondary N) is 2.